The Bertz CT molecular complexity index is 476. The summed E-state index contributed by atoms with van der Waals surface area (Å²) in [7, 11) is 1.49. The van der Waals surface area contributed by atoms with Gasteiger partial charge in [0.25, 0.3) is 5.91 Å². The normalized spacial score (nSPS) is 9.95. The molecule has 0 aliphatic heterocycles. The van der Waals surface area contributed by atoms with E-state index in [1.165, 1.54) is 7.11 Å². The molecule has 20 heavy (non-hydrogen) atoms. The molecule has 1 aromatic carbocycles. The number of carbonyl (C=O) groups excluding carboxylic acids is 2. The van der Waals surface area contributed by atoms with Crippen LogP contribution in [0.15, 0.2) is 18.2 Å². The Morgan fingerprint density at radius 2 is 2.10 bits per heavy atom. The van der Waals surface area contributed by atoms with Gasteiger partial charge in [0.05, 0.1) is 19.3 Å². The maximum Gasteiger partial charge on any atom is 0.305 e. The lowest BCUT2D eigenvalue weighted by Crippen LogP contribution is -2.25. The molecule has 0 fully saturated rings. The van der Waals surface area contributed by atoms with E-state index in [9.17, 15) is 9.59 Å². The van der Waals surface area contributed by atoms with Gasteiger partial charge in [-0.25, -0.2) is 0 Å². The molecule has 0 aromatic heterocycles. The van der Waals surface area contributed by atoms with Crippen molar-refractivity contribution in [2.45, 2.75) is 19.8 Å². The molecule has 0 atom stereocenters. The van der Waals surface area contributed by atoms with E-state index in [4.69, 9.17) is 21.1 Å². The second-order valence-corrected chi connectivity index (χ2v) is 4.45. The van der Waals surface area contributed by atoms with E-state index < -0.39 is 0 Å². The molecule has 1 rings (SSSR count). The zero-order valence-electron chi connectivity index (χ0n) is 11.6. The van der Waals surface area contributed by atoms with Gasteiger partial charge in [-0.2, -0.15) is 0 Å². The number of hydrogen-bond donors (Lipinski definition) is 1. The second-order valence-electron chi connectivity index (χ2n) is 4.01. The summed E-state index contributed by atoms with van der Waals surface area (Å²) in [5.74, 6) is -0.0902. The maximum atomic E-state index is 12.0. The summed E-state index contributed by atoms with van der Waals surface area (Å²) in [6, 6.07) is 4.83. The number of carbonyl (C=O) groups is 2. The van der Waals surface area contributed by atoms with Gasteiger partial charge in [-0.15, -0.1) is 0 Å². The zero-order chi connectivity index (χ0) is 15.0. The van der Waals surface area contributed by atoms with Crippen molar-refractivity contribution in [3.05, 3.63) is 28.8 Å². The fourth-order valence-corrected chi connectivity index (χ4v) is 1.79. The standard InChI is InChI=1S/C14H18ClNO4/c1-3-20-13(17)5-4-8-16-14(18)11-9-10(15)6-7-12(11)19-2/h6-7,9H,3-5,8H2,1-2H3,(H,16,18). The van der Waals surface area contributed by atoms with Crippen LogP contribution in [0.5, 0.6) is 5.75 Å². The number of esters is 1. The van der Waals surface area contributed by atoms with Crippen LogP contribution in [-0.2, 0) is 9.53 Å². The van der Waals surface area contributed by atoms with Gasteiger partial charge in [0, 0.05) is 18.0 Å². The Morgan fingerprint density at radius 3 is 2.75 bits per heavy atom. The van der Waals surface area contributed by atoms with Crippen LogP contribution >= 0.6 is 11.6 Å². The third-order valence-corrected chi connectivity index (χ3v) is 2.79. The van der Waals surface area contributed by atoms with Crippen molar-refractivity contribution in [3.8, 4) is 5.75 Å². The predicted octanol–water partition coefficient (Wildman–Crippen LogP) is 2.42. The average Bonchev–Trinajstić information content (AvgIpc) is 2.43. The maximum absolute atomic E-state index is 12.0. The zero-order valence-corrected chi connectivity index (χ0v) is 12.3. The molecule has 1 N–H and O–H groups in total. The number of benzene rings is 1. The molecule has 0 aliphatic carbocycles. The fraction of sp³-hybridized carbons (Fsp3) is 0.429. The Hall–Kier alpha value is -1.75. The number of halogens is 1. The molecule has 0 saturated carbocycles. The van der Waals surface area contributed by atoms with Crippen LogP contribution in [0.2, 0.25) is 5.02 Å². The fourth-order valence-electron chi connectivity index (χ4n) is 1.62. The number of rotatable bonds is 7. The largest absolute Gasteiger partial charge is 0.496 e. The lowest BCUT2D eigenvalue weighted by Gasteiger charge is -2.09. The molecule has 1 amide bonds. The van der Waals surface area contributed by atoms with Crippen molar-refractivity contribution in [2.24, 2.45) is 0 Å². The minimum atomic E-state index is -0.284. The molecule has 110 valence electrons. The molecule has 1 aromatic rings. The highest BCUT2D eigenvalue weighted by Gasteiger charge is 2.12. The summed E-state index contributed by atoms with van der Waals surface area (Å²) >= 11 is 5.86. The van der Waals surface area contributed by atoms with Crippen molar-refractivity contribution >= 4 is 23.5 Å². The number of hydrogen-bond acceptors (Lipinski definition) is 4. The first-order valence-corrected chi connectivity index (χ1v) is 6.73. The summed E-state index contributed by atoms with van der Waals surface area (Å²) in [6.45, 7) is 2.50. The van der Waals surface area contributed by atoms with Crippen LogP contribution in [-0.4, -0.2) is 32.1 Å². The minimum Gasteiger partial charge on any atom is -0.496 e. The van der Waals surface area contributed by atoms with Crippen LogP contribution in [0.4, 0.5) is 0 Å². The van der Waals surface area contributed by atoms with E-state index in [1.807, 2.05) is 0 Å². The molecule has 5 nitrogen and oxygen atoms in total. The van der Waals surface area contributed by atoms with E-state index in [0.29, 0.717) is 35.9 Å². The molecular weight excluding hydrogens is 282 g/mol. The Balaban J connectivity index is 2.47. The van der Waals surface area contributed by atoms with Gasteiger partial charge >= 0.3 is 5.97 Å². The predicted molar refractivity (Wildman–Crippen MR) is 76.2 cm³/mol. The number of methoxy groups -OCH3 is 1. The van der Waals surface area contributed by atoms with Crippen molar-refractivity contribution < 1.29 is 19.1 Å². The molecule has 0 radical (unpaired) electrons. The molecule has 0 heterocycles. The number of nitrogens with one attached hydrogen (secondary N) is 1. The van der Waals surface area contributed by atoms with E-state index in [2.05, 4.69) is 5.32 Å². The van der Waals surface area contributed by atoms with Gasteiger partial charge in [-0.1, -0.05) is 11.6 Å². The van der Waals surface area contributed by atoms with Gasteiger partial charge in [0.2, 0.25) is 0 Å². The molecule has 6 heteroatoms. The van der Waals surface area contributed by atoms with Crippen molar-refractivity contribution in [3.63, 3.8) is 0 Å². The monoisotopic (exact) mass is 299 g/mol. The van der Waals surface area contributed by atoms with E-state index in [0.717, 1.165) is 0 Å². The van der Waals surface area contributed by atoms with E-state index >= 15 is 0 Å². The van der Waals surface area contributed by atoms with E-state index in [1.54, 1.807) is 25.1 Å². The van der Waals surface area contributed by atoms with Crippen LogP contribution in [0, 0.1) is 0 Å². The summed E-state index contributed by atoms with van der Waals surface area (Å²) in [4.78, 5) is 23.1. The molecule has 0 saturated heterocycles. The summed E-state index contributed by atoms with van der Waals surface area (Å²) < 4.78 is 9.90. The topological polar surface area (TPSA) is 64.6 Å². The molecule has 0 unspecified atom stereocenters. The van der Waals surface area contributed by atoms with Crippen LogP contribution in [0.1, 0.15) is 30.1 Å². The molecular formula is C14H18ClNO4. The van der Waals surface area contributed by atoms with Crippen LogP contribution in [0.25, 0.3) is 0 Å². The number of amides is 1. The van der Waals surface area contributed by atoms with Crippen molar-refractivity contribution in [1.29, 1.82) is 0 Å². The summed E-state index contributed by atoms with van der Waals surface area (Å²) in [5, 5.41) is 3.17. The molecule has 0 aliphatic rings. The minimum absolute atomic E-state index is 0.262. The van der Waals surface area contributed by atoms with Gasteiger partial charge in [-0.3, -0.25) is 9.59 Å². The molecule has 0 spiro atoms. The van der Waals surface area contributed by atoms with E-state index in [-0.39, 0.29) is 18.3 Å². The van der Waals surface area contributed by atoms with Gasteiger partial charge < -0.3 is 14.8 Å². The smallest absolute Gasteiger partial charge is 0.305 e. The quantitative estimate of drug-likeness (QED) is 0.620. The highest BCUT2D eigenvalue weighted by atomic mass is 35.5. The van der Waals surface area contributed by atoms with Gasteiger partial charge in [-0.05, 0) is 31.5 Å². The second kappa shape index (κ2) is 8.43. The lowest BCUT2D eigenvalue weighted by molar-refractivity contribution is -0.143. The Kier molecular flexibility index (Phi) is 6.87. The van der Waals surface area contributed by atoms with Crippen molar-refractivity contribution in [2.75, 3.05) is 20.3 Å². The Labute approximate surface area is 123 Å². The summed E-state index contributed by atoms with van der Waals surface area (Å²) in [5.41, 5.74) is 0.371. The average molecular weight is 300 g/mol. The van der Waals surface area contributed by atoms with Crippen molar-refractivity contribution in [1.82, 2.24) is 5.32 Å². The highest BCUT2D eigenvalue weighted by molar-refractivity contribution is 6.31. The third kappa shape index (κ3) is 5.09. The van der Waals surface area contributed by atoms with Crippen LogP contribution < -0.4 is 10.1 Å². The number of ether oxygens (including phenoxy) is 2. The summed E-state index contributed by atoms with van der Waals surface area (Å²) in [6.07, 6.45) is 0.800. The first-order valence-electron chi connectivity index (χ1n) is 6.35. The Morgan fingerprint density at radius 1 is 1.35 bits per heavy atom. The van der Waals surface area contributed by atoms with Gasteiger partial charge in [0.1, 0.15) is 5.75 Å². The highest BCUT2D eigenvalue weighted by Crippen LogP contribution is 2.22. The van der Waals surface area contributed by atoms with Crippen LogP contribution in [0.3, 0.4) is 0 Å². The SMILES string of the molecule is CCOC(=O)CCCNC(=O)c1cc(Cl)ccc1OC. The lowest BCUT2D eigenvalue weighted by atomic mass is 10.2. The third-order valence-electron chi connectivity index (χ3n) is 2.55. The first-order chi connectivity index (χ1) is 9.58. The van der Waals surface area contributed by atoms with Gasteiger partial charge in [0.15, 0.2) is 0 Å². The molecule has 0 bridgehead atoms. The first kappa shape index (κ1) is 16.3.